The molecule has 0 heterocycles. The Hall–Kier alpha value is -1.26. The fraction of sp³-hybridized carbons (Fsp3) is 0.562. The molecular weight excluding hydrogens is 288 g/mol. The van der Waals surface area contributed by atoms with Crippen molar-refractivity contribution >= 4 is 23.2 Å². The Labute approximate surface area is 131 Å². The van der Waals surface area contributed by atoms with Crippen LogP contribution in [0, 0.1) is 0 Å². The summed E-state index contributed by atoms with van der Waals surface area (Å²) in [4.78, 5) is 11.9. The van der Waals surface area contributed by atoms with Crippen LogP contribution in [0.1, 0.15) is 39.0 Å². The maximum atomic E-state index is 11.9. The molecule has 0 aromatic heterocycles. The van der Waals surface area contributed by atoms with Crippen LogP contribution in [0.5, 0.6) is 5.75 Å². The second-order valence-electron chi connectivity index (χ2n) is 5.40. The topological polar surface area (TPSA) is 50.4 Å². The van der Waals surface area contributed by atoms with Gasteiger partial charge in [-0.25, -0.2) is 0 Å². The van der Waals surface area contributed by atoms with E-state index in [0.29, 0.717) is 35.7 Å². The highest BCUT2D eigenvalue weighted by Crippen LogP contribution is 2.27. The number of carbonyl (C=O) groups excluding carboxylic acids is 1. The van der Waals surface area contributed by atoms with Gasteiger partial charge in [0.25, 0.3) is 0 Å². The van der Waals surface area contributed by atoms with Crippen molar-refractivity contribution in [1.82, 2.24) is 5.32 Å². The van der Waals surface area contributed by atoms with E-state index in [1.807, 2.05) is 13.0 Å². The van der Waals surface area contributed by atoms with Gasteiger partial charge in [0.05, 0.1) is 18.2 Å². The summed E-state index contributed by atoms with van der Waals surface area (Å²) in [5.74, 6) is 0.612. The van der Waals surface area contributed by atoms with E-state index in [4.69, 9.17) is 16.3 Å². The number of benzene rings is 1. The Morgan fingerprint density at radius 3 is 2.81 bits per heavy atom. The van der Waals surface area contributed by atoms with Gasteiger partial charge in [0, 0.05) is 11.7 Å². The van der Waals surface area contributed by atoms with Crippen molar-refractivity contribution < 1.29 is 9.53 Å². The standard InChI is InChI=1S/C16H23ClN2O2/c1-2-9-21-15-8-7-13(10-14(15)17)19-16(20)11-18-12-5-3-4-6-12/h7-8,10,12,18H,2-6,9,11H2,1H3,(H,19,20). The highest BCUT2D eigenvalue weighted by atomic mass is 35.5. The molecule has 0 aliphatic heterocycles. The average Bonchev–Trinajstić information content (AvgIpc) is 2.98. The number of hydrogen-bond acceptors (Lipinski definition) is 3. The van der Waals surface area contributed by atoms with Gasteiger partial charge in [0.2, 0.25) is 5.91 Å². The van der Waals surface area contributed by atoms with E-state index in [2.05, 4.69) is 10.6 Å². The van der Waals surface area contributed by atoms with Crippen molar-refractivity contribution in [2.75, 3.05) is 18.5 Å². The molecule has 1 fully saturated rings. The molecule has 1 aliphatic carbocycles. The molecule has 1 aromatic carbocycles. The van der Waals surface area contributed by atoms with E-state index in [1.54, 1.807) is 12.1 Å². The van der Waals surface area contributed by atoms with E-state index in [-0.39, 0.29) is 5.91 Å². The molecule has 1 saturated carbocycles. The van der Waals surface area contributed by atoms with E-state index < -0.39 is 0 Å². The molecule has 0 atom stereocenters. The fourth-order valence-corrected chi connectivity index (χ4v) is 2.71. The average molecular weight is 311 g/mol. The Balaban J connectivity index is 1.81. The zero-order valence-corrected chi connectivity index (χ0v) is 13.2. The molecule has 0 bridgehead atoms. The SMILES string of the molecule is CCCOc1ccc(NC(=O)CNC2CCCC2)cc1Cl. The van der Waals surface area contributed by atoms with Crippen molar-refractivity contribution in [1.29, 1.82) is 0 Å². The molecule has 116 valence electrons. The van der Waals surface area contributed by atoms with Gasteiger partial charge in [-0.1, -0.05) is 31.4 Å². The highest BCUT2D eigenvalue weighted by molar-refractivity contribution is 6.32. The van der Waals surface area contributed by atoms with Crippen LogP contribution < -0.4 is 15.4 Å². The first-order valence-electron chi connectivity index (χ1n) is 7.64. The molecule has 21 heavy (non-hydrogen) atoms. The fourth-order valence-electron chi connectivity index (χ4n) is 2.48. The zero-order valence-electron chi connectivity index (χ0n) is 12.5. The smallest absolute Gasteiger partial charge is 0.238 e. The number of ether oxygens (including phenoxy) is 1. The Bertz CT molecular complexity index is 473. The minimum atomic E-state index is -0.0415. The first-order valence-corrected chi connectivity index (χ1v) is 8.02. The number of halogens is 1. The zero-order chi connectivity index (χ0) is 15.1. The minimum absolute atomic E-state index is 0.0415. The van der Waals surface area contributed by atoms with Crippen molar-refractivity contribution in [3.05, 3.63) is 23.2 Å². The summed E-state index contributed by atoms with van der Waals surface area (Å²) in [6.45, 7) is 3.02. The lowest BCUT2D eigenvalue weighted by Gasteiger charge is -2.12. The monoisotopic (exact) mass is 310 g/mol. The van der Waals surface area contributed by atoms with E-state index in [9.17, 15) is 4.79 Å². The van der Waals surface area contributed by atoms with Crippen LogP contribution in [0.2, 0.25) is 5.02 Å². The predicted molar refractivity (Wildman–Crippen MR) is 86.1 cm³/mol. The summed E-state index contributed by atoms with van der Waals surface area (Å²) in [6.07, 6.45) is 5.79. The summed E-state index contributed by atoms with van der Waals surface area (Å²) in [5, 5.41) is 6.65. The first kappa shape index (κ1) is 16.1. The molecule has 4 nitrogen and oxygen atoms in total. The normalized spacial score (nSPS) is 15.1. The van der Waals surface area contributed by atoms with Crippen LogP contribution in [0.15, 0.2) is 18.2 Å². The van der Waals surface area contributed by atoms with Crippen LogP contribution in [0.25, 0.3) is 0 Å². The number of rotatable bonds is 7. The van der Waals surface area contributed by atoms with Gasteiger partial charge in [0.15, 0.2) is 0 Å². The Morgan fingerprint density at radius 1 is 1.38 bits per heavy atom. The number of amides is 1. The summed E-state index contributed by atoms with van der Waals surface area (Å²) >= 11 is 6.14. The number of anilines is 1. The largest absolute Gasteiger partial charge is 0.492 e. The maximum absolute atomic E-state index is 11.9. The van der Waals surface area contributed by atoms with Crippen LogP contribution in [-0.2, 0) is 4.79 Å². The number of nitrogens with one attached hydrogen (secondary N) is 2. The second-order valence-corrected chi connectivity index (χ2v) is 5.81. The predicted octanol–water partition coefficient (Wildman–Crippen LogP) is 3.60. The lowest BCUT2D eigenvalue weighted by atomic mass is 10.2. The van der Waals surface area contributed by atoms with E-state index in [1.165, 1.54) is 25.7 Å². The highest BCUT2D eigenvalue weighted by Gasteiger charge is 2.15. The van der Waals surface area contributed by atoms with Crippen LogP contribution in [0.4, 0.5) is 5.69 Å². The molecule has 1 amide bonds. The van der Waals surface area contributed by atoms with Crippen molar-refractivity contribution in [3.8, 4) is 5.75 Å². The molecule has 5 heteroatoms. The summed E-state index contributed by atoms with van der Waals surface area (Å²) < 4.78 is 5.50. The second kappa shape index (κ2) is 8.25. The number of hydrogen-bond donors (Lipinski definition) is 2. The van der Waals surface area contributed by atoms with Crippen LogP contribution in [0.3, 0.4) is 0 Å². The van der Waals surface area contributed by atoms with Crippen LogP contribution in [-0.4, -0.2) is 25.1 Å². The first-order chi connectivity index (χ1) is 10.2. The van der Waals surface area contributed by atoms with E-state index >= 15 is 0 Å². The summed E-state index contributed by atoms with van der Waals surface area (Å²) in [7, 11) is 0. The molecule has 2 N–H and O–H groups in total. The molecule has 0 unspecified atom stereocenters. The minimum Gasteiger partial charge on any atom is -0.492 e. The van der Waals surface area contributed by atoms with Crippen molar-refractivity contribution in [2.45, 2.75) is 45.1 Å². The van der Waals surface area contributed by atoms with Gasteiger partial charge in [0.1, 0.15) is 5.75 Å². The van der Waals surface area contributed by atoms with Gasteiger partial charge in [-0.2, -0.15) is 0 Å². The van der Waals surface area contributed by atoms with Gasteiger partial charge in [-0.05, 0) is 37.5 Å². The van der Waals surface area contributed by atoms with Gasteiger partial charge < -0.3 is 15.4 Å². The van der Waals surface area contributed by atoms with Gasteiger partial charge in [-0.15, -0.1) is 0 Å². The molecule has 1 aliphatic rings. The van der Waals surface area contributed by atoms with Crippen molar-refractivity contribution in [2.24, 2.45) is 0 Å². The number of carbonyl (C=O) groups is 1. The molecule has 0 spiro atoms. The Morgan fingerprint density at radius 2 is 2.14 bits per heavy atom. The third kappa shape index (κ3) is 5.21. The lowest BCUT2D eigenvalue weighted by molar-refractivity contribution is -0.115. The van der Waals surface area contributed by atoms with Crippen molar-refractivity contribution in [3.63, 3.8) is 0 Å². The third-order valence-electron chi connectivity index (χ3n) is 3.58. The van der Waals surface area contributed by atoms with Gasteiger partial charge >= 0.3 is 0 Å². The van der Waals surface area contributed by atoms with Gasteiger partial charge in [-0.3, -0.25) is 4.79 Å². The molecule has 0 saturated heterocycles. The van der Waals surface area contributed by atoms with E-state index in [0.717, 1.165) is 6.42 Å². The maximum Gasteiger partial charge on any atom is 0.238 e. The lowest BCUT2D eigenvalue weighted by Crippen LogP contribution is -2.34. The molecule has 1 aromatic rings. The third-order valence-corrected chi connectivity index (χ3v) is 3.88. The van der Waals surface area contributed by atoms with Crippen LogP contribution >= 0.6 is 11.6 Å². The summed E-state index contributed by atoms with van der Waals surface area (Å²) in [6, 6.07) is 5.81. The summed E-state index contributed by atoms with van der Waals surface area (Å²) in [5.41, 5.74) is 0.696. The Kier molecular flexibility index (Phi) is 6.33. The quantitative estimate of drug-likeness (QED) is 0.809. The molecular formula is C16H23ClN2O2. The molecule has 0 radical (unpaired) electrons. The molecule has 2 rings (SSSR count).